The van der Waals surface area contributed by atoms with Gasteiger partial charge in [-0.3, -0.25) is 9.59 Å². The molecule has 1 amide bonds. The molecule has 2 aliphatic rings. The number of aromatic nitrogens is 2. The van der Waals surface area contributed by atoms with E-state index in [0.717, 1.165) is 25.7 Å². The van der Waals surface area contributed by atoms with Crippen LogP contribution in [0.25, 0.3) is 0 Å². The maximum Gasteiger partial charge on any atom is 0.328 e. The van der Waals surface area contributed by atoms with Gasteiger partial charge in [-0.05, 0) is 43.4 Å². The van der Waals surface area contributed by atoms with Gasteiger partial charge >= 0.3 is 5.97 Å². The SMILES string of the molecule is COC(=O)C1CC2CCCCC2N1C(=O)c1ccc(=O)n(CCOc2ccccc2)n1. The monoisotopic (exact) mass is 425 g/mol. The number of esters is 1. The molecule has 1 saturated carbocycles. The Balaban J connectivity index is 1.52. The molecule has 8 heteroatoms. The maximum absolute atomic E-state index is 13.4. The van der Waals surface area contributed by atoms with Crippen molar-refractivity contribution in [1.82, 2.24) is 14.7 Å². The molecule has 0 N–H and O–H groups in total. The Labute approximate surface area is 180 Å². The second-order valence-corrected chi connectivity index (χ2v) is 8.04. The van der Waals surface area contributed by atoms with Gasteiger partial charge in [-0.15, -0.1) is 0 Å². The standard InChI is InChI=1S/C23H27N3O5/c1-30-23(29)20-15-16-7-5-6-10-19(16)26(20)22(28)18-11-12-21(27)25(24-18)13-14-31-17-8-3-2-4-9-17/h2-4,8-9,11-12,16,19-20H,5-7,10,13-15H2,1H3. The highest BCUT2D eigenvalue weighted by Gasteiger charge is 2.48. The van der Waals surface area contributed by atoms with E-state index in [-0.39, 0.29) is 36.4 Å². The lowest BCUT2D eigenvalue weighted by Gasteiger charge is -2.33. The second-order valence-electron chi connectivity index (χ2n) is 8.04. The topological polar surface area (TPSA) is 90.7 Å². The Bertz CT molecular complexity index is 990. The van der Waals surface area contributed by atoms with Gasteiger partial charge in [-0.2, -0.15) is 5.10 Å². The summed E-state index contributed by atoms with van der Waals surface area (Å²) >= 11 is 0. The second kappa shape index (κ2) is 9.32. The van der Waals surface area contributed by atoms with Crippen LogP contribution in [0.2, 0.25) is 0 Å². The number of para-hydroxylation sites is 1. The van der Waals surface area contributed by atoms with E-state index in [2.05, 4.69) is 5.10 Å². The van der Waals surface area contributed by atoms with E-state index in [1.807, 2.05) is 30.3 Å². The van der Waals surface area contributed by atoms with Gasteiger partial charge in [0.1, 0.15) is 24.1 Å². The number of benzene rings is 1. The van der Waals surface area contributed by atoms with E-state index in [4.69, 9.17) is 9.47 Å². The van der Waals surface area contributed by atoms with Gasteiger partial charge in [0, 0.05) is 12.1 Å². The first-order valence-electron chi connectivity index (χ1n) is 10.7. The first kappa shape index (κ1) is 21.1. The van der Waals surface area contributed by atoms with E-state index in [9.17, 15) is 14.4 Å². The molecule has 31 heavy (non-hydrogen) atoms. The van der Waals surface area contributed by atoms with Crippen LogP contribution < -0.4 is 10.3 Å². The molecule has 2 fully saturated rings. The van der Waals surface area contributed by atoms with Crippen molar-refractivity contribution >= 4 is 11.9 Å². The van der Waals surface area contributed by atoms with Crippen molar-refractivity contribution in [2.75, 3.05) is 13.7 Å². The third-order valence-corrected chi connectivity index (χ3v) is 6.20. The predicted molar refractivity (Wildman–Crippen MR) is 113 cm³/mol. The molecule has 1 aromatic heterocycles. The highest BCUT2D eigenvalue weighted by Crippen LogP contribution is 2.40. The van der Waals surface area contributed by atoms with Gasteiger partial charge in [0.15, 0.2) is 0 Å². The Morgan fingerprint density at radius 2 is 1.87 bits per heavy atom. The number of fused-ring (bicyclic) bond motifs is 1. The van der Waals surface area contributed by atoms with Crippen LogP contribution >= 0.6 is 0 Å². The lowest BCUT2D eigenvalue weighted by atomic mass is 9.84. The van der Waals surface area contributed by atoms with Gasteiger partial charge in [0.05, 0.1) is 13.7 Å². The summed E-state index contributed by atoms with van der Waals surface area (Å²) in [6.07, 6.45) is 4.64. The minimum atomic E-state index is -0.603. The van der Waals surface area contributed by atoms with E-state index in [1.165, 1.54) is 23.9 Å². The fourth-order valence-corrected chi connectivity index (χ4v) is 4.72. The van der Waals surface area contributed by atoms with E-state index in [1.54, 1.807) is 4.90 Å². The molecule has 4 rings (SSSR count). The Hall–Kier alpha value is -3.16. The number of amides is 1. The molecule has 1 aliphatic heterocycles. The number of hydrogen-bond acceptors (Lipinski definition) is 6. The van der Waals surface area contributed by atoms with E-state index < -0.39 is 12.0 Å². The molecule has 2 aromatic rings. The summed E-state index contributed by atoms with van der Waals surface area (Å²) in [6.45, 7) is 0.453. The van der Waals surface area contributed by atoms with Crippen molar-refractivity contribution in [1.29, 1.82) is 0 Å². The average Bonchev–Trinajstić information content (AvgIpc) is 3.19. The van der Waals surface area contributed by atoms with Crippen molar-refractivity contribution in [3.05, 3.63) is 58.5 Å². The average molecular weight is 425 g/mol. The van der Waals surface area contributed by atoms with Crippen LogP contribution in [-0.4, -0.2) is 52.4 Å². The molecule has 0 radical (unpaired) electrons. The molecule has 0 bridgehead atoms. The number of likely N-dealkylation sites (tertiary alicyclic amines) is 1. The Morgan fingerprint density at radius 3 is 2.65 bits per heavy atom. The van der Waals surface area contributed by atoms with Crippen LogP contribution in [0.4, 0.5) is 0 Å². The van der Waals surface area contributed by atoms with Gasteiger partial charge < -0.3 is 14.4 Å². The van der Waals surface area contributed by atoms with Crippen molar-refractivity contribution < 1.29 is 19.1 Å². The molecule has 1 aromatic carbocycles. The molecule has 8 nitrogen and oxygen atoms in total. The van der Waals surface area contributed by atoms with E-state index >= 15 is 0 Å². The summed E-state index contributed by atoms with van der Waals surface area (Å²) in [5.41, 5.74) is -0.158. The Kier molecular flexibility index (Phi) is 6.34. The van der Waals surface area contributed by atoms with Crippen molar-refractivity contribution in [3.63, 3.8) is 0 Å². The quantitative estimate of drug-likeness (QED) is 0.660. The molecule has 3 atom stereocenters. The van der Waals surface area contributed by atoms with Crippen LogP contribution in [0.3, 0.4) is 0 Å². The summed E-state index contributed by atoms with van der Waals surface area (Å²) < 4.78 is 11.8. The first-order valence-corrected chi connectivity index (χ1v) is 10.7. The van der Waals surface area contributed by atoms with Crippen molar-refractivity contribution in [2.24, 2.45) is 5.92 Å². The maximum atomic E-state index is 13.4. The van der Waals surface area contributed by atoms with Crippen molar-refractivity contribution in [2.45, 2.75) is 50.7 Å². The smallest absolute Gasteiger partial charge is 0.328 e. The molecule has 3 unspecified atom stereocenters. The van der Waals surface area contributed by atoms with Gasteiger partial charge in [-0.25, -0.2) is 9.48 Å². The molecular formula is C23H27N3O5. The van der Waals surface area contributed by atoms with Gasteiger partial charge in [0.2, 0.25) is 0 Å². The normalized spacial score (nSPS) is 22.6. The van der Waals surface area contributed by atoms with Crippen molar-refractivity contribution in [3.8, 4) is 5.75 Å². The minimum absolute atomic E-state index is 0.00828. The number of rotatable bonds is 6. The molecule has 1 saturated heterocycles. The van der Waals surface area contributed by atoms with E-state index in [0.29, 0.717) is 18.1 Å². The highest BCUT2D eigenvalue weighted by atomic mass is 16.5. The molecule has 0 spiro atoms. The number of ether oxygens (including phenoxy) is 2. The molecule has 1 aliphatic carbocycles. The van der Waals surface area contributed by atoms with Crippen LogP contribution in [-0.2, 0) is 16.1 Å². The largest absolute Gasteiger partial charge is 0.492 e. The Morgan fingerprint density at radius 1 is 1.10 bits per heavy atom. The lowest BCUT2D eigenvalue weighted by Crippen LogP contribution is -2.47. The number of carbonyl (C=O) groups excluding carboxylic acids is 2. The number of methoxy groups -OCH3 is 1. The van der Waals surface area contributed by atoms with Crippen LogP contribution in [0.15, 0.2) is 47.3 Å². The van der Waals surface area contributed by atoms with Gasteiger partial charge in [-0.1, -0.05) is 31.0 Å². The lowest BCUT2D eigenvalue weighted by molar-refractivity contribution is -0.145. The summed E-state index contributed by atoms with van der Waals surface area (Å²) in [4.78, 5) is 39.7. The predicted octanol–water partition coefficient (Wildman–Crippen LogP) is 2.27. The molecule has 2 heterocycles. The fourth-order valence-electron chi connectivity index (χ4n) is 4.72. The zero-order chi connectivity index (χ0) is 21.8. The van der Waals surface area contributed by atoms with Gasteiger partial charge in [0.25, 0.3) is 11.5 Å². The third kappa shape index (κ3) is 4.47. The van der Waals surface area contributed by atoms with Crippen LogP contribution in [0.5, 0.6) is 5.75 Å². The zero-order valence-corrected chi connectivity index (χ0v) is 17.6. The summed E-state index contributed by atoms with van der Waals surface area (Å²) in [6, 6.07) is 11.5. The minimum Gasteiger partial charge on any atom is -0.492 e. The number of carbonyl (C=O) groups is 2. The van der Waals surface area contributed by atoms with Crippen LogP contribution in [0, 0.1) is 5.92 Å². The molecular weight excluding hydrogens is 398 g/mol. The number of hydrogen-bond donors (Lipinski definition) is 0. The molecule has 164 valence electrons. The summed E-state index contributed by atoms with van der Waals surface area (Å²) in [5.74, 6) is 0.269. The third-order valence-electron chi connectivity index (χ3n) is 6.20. The number of nitrogens with zero attached hydrogens (tertiary/aromatic N) is 3. The summed E-state index contributed by atoms with van der Waals surface area (Å²) in [7, 11) is 1.35. The fraction of sp³-hybridized carbons (Fsp3) is 0.478. The summed E-state index contributed by atoms with van der Waals surface area (Å²) in [5, 5.41) is 4.29. The van der Waals surface area contributed by atoms with Crippen LogP contribution in [0.1, 0.15) is 42.6 Å². The zero-order valence-electron chi connectivity index (χ0n) is 17.6. The highest BCUT2D eigenvalue weighted by molar-refractivity contribution is 5.95. The first-order chi connectivity index (χ1) is 15.1.